The second-order valence-electron chi connectivity index (χ2n) is 4.96. The first-order valence-corrected chi connectivity index (χ1v) is 8.17. The Bertz CT molecular complexity index is 927. The van der Waals surface area contributed by atoms with Crippen LogP contribution < -0.4 is 10.2 Å². The Labute approximate surface area is 148 Å². The standard InChI is InChI=1S/C18H13FN4OS/c1-24-15-8-6-14(7-9-15)22-23-16(10-20)18-21-17(11-25-18)12-2-4-13(19)5-3-12/h2-9,11,22H,1H3/b23-16-. The number of ether oxygens (including phenoxy) is 1. The van der Waals surface area contributed by atoms with Gasteiger partial charge in [-0.3, -0.25) is 5.43 Å². The number of benzene rings is 2. The van der Waals surface area contributed by atoms with Crippen molar-refractivity contribution >= 4 is 22.7 Å². The summed E-state index contributed by atoms with van der Waals surface area (Å²) < 4.78 is 18.1. The first-order chi connectivity index (χ1) is 12.2. The second kappa shape index (κ2) is 7.55. The molecule has 3 rings (SSSR count). The molecule has 0 unspecified atom stereocenters. The van der Waals surface area contributed by atoms with Crippen molar-refractivity contribution in [1.82, 2.24) is 4.98 Å². The summed E-state index contributed by atoms with van der Waals surface area (Å²) in [5, 5.41) is 15.7. The van der Waals surface area contributed by atoms with Crippen molar-refractivity contribution in [3.63, 3.8) is 0 Å². The third-order valence-corrected chi connectivity index (χ3v) is 4.19. The normalized spacial score (nSPS) is 11.0. The quantitative estimate of drug-likeness (QED) is 0.549. The van der Waals surface area contributed by atoms with E-state index in [0.717, 1.165) is 17.0 Å². The fraction of sp³-hybridized carbons (Fsp3) is 0.0556. The monoisotopic (exact) mass is 352 g/mol. The van der Waals surface area contributed by atoms with Crippen LogP contribution in [0.2, 0.25) is 0 Å². The lowest BCUT2D eigenvalue weighted by molar-refractivity contribution is 0.415. The van der Waals surface area contributed by atoms with Gasteiger partial charge in [0.25, 0.3) is 0 Å². The number of aromatic nitrogens is 1. The van der Waals surface area contributed by atoms with E-state index in [4.69, 9.17) is 4.74 Å². The van der Waals surface area contributed by atoms with Crippen molar-refractivity contribution < 1.29 is 9.13 Å². The Balaban J connectivity index is 1.78. The van der Waals surface area contributed by atoms with Gasteiger partial charge in [0.15, 0.2) is 10.7 Å². The van der Waals surface area contributed by atoms with Crippen molar-refractivity contribution in [1.29, 1.82) is 5.26 Å². The summed E-state index contributed by atoms with van der Waals surface area (Å²) in [6, 6.07) is 15.2. The minimum absolute atomic E-state index is 0.175. The molecule has 0 radical (unpaired) electrons. The number of nitriles is 1. The molecule has 7 heteroatoms. The Morgan fingerprint density at radius 1 is 1.20 bits per heavy atom. The van der Waals surface area contributed by atoms with Crippen LogP contribution in [0.1, 0.15) is 5.01 Å². The highest BCUT2D eigenvalue weighted by Gasteiger charge is 2.10. The summed E-state index contributed by atoms with van der Waals surface area (Å²) >= 11 is 1.30. The van der Waals surface area contributed by atoms with E-state index in [0.29, 0.717) is 10.7 Å². The molecule has 0 spiro atoms. The van der Waals surface area contributed by atoms with Gasteiger partial charge in [0, 0.05) is 10.9 Å². The fourth-order valence-corrected chi connectivity index (χ4v) is 2.81. The van der Waals surface area contributed by atoms with Crippen LogP contribution in [0.3, 0.4) is 0 Å². The summed E-state index contributed by atoms with van der Waals surface area (Å²) in [5.41, 5.74) is 5.19. The number of nitrogens with one attached hydrogen (secondary N) is 1. The van der Waals surface area contributed by atoms with Crippen LogP contribution in [0, 0.1) is 17.1 Å². The lowest BCUT2D eigenvalue weighted by Gasteiger charge is -2.02. The third-order valence-electron chi connectivity index (χ3n) is 3.34. The maximum Gasteiger partial charge on any atom is 0.196 e. The highest BCUT2D eigenvalue weighted by Crippen LogP contribution is 2.23. The topological polar surface area (TPSA) is 70.3 Å². The van der Waals surface area contributed by atoms with Gasteiger partial charge in [-0.25, -0.2) is 9.37 Å². The number of hydrogen-bond donors (Lipinski definition) is 1. The first kappa shape index (κ1) is 16.6. The molecule has 1 N–H and O–H groups in total. The van der Waals surface area contributed by atoms with Crippen LogP contribution in [-0.4, -0.2) is 17.8 Å². The van der Waals surface area contributed by atoms with E-state index in [1.165, 1.54) is 23.5 Å². The molecule has 1 aromatic heterocycles. The van der Waals surface area contributed by atoms with Crippen molar-refractivity contribution in [2.45, 2.75) is 0 Å². The molecule has 0 amide bonds. The van der Waals surface area contributed by atoms with Crippen LogP contribution in [0.25, 0.3) is 11.3 Å². The lowest BCUT2D eigenvalue weighted by atomic mass is 10.2. The average molecular weight is 352 g/mol. The molecule has 1 heterocycles. The second-order valence-corrected chi connectivity index (χ2v) is 5.82. The van der Waals surface area contributed by atoms with E-state index in [1.807, 2.05) is 11.4 Å². The number of methoxy groups -OCH3 is 1. The Morgan fingerprint density at radius 3 is 2.56 bits per heavy atom. The number of hydrogen-bond acceptors (Lipinski definition) is 6. The number of hydrazone groups is 1. The zero-order chi connectivity index (χ0) is 17.6. The predicted octanol–water partition coefficient (Wildman–Crippen LogP) is 4.30. The van der Waals surface area contributed by atoms with Gasteiger partial charge >= 0.3 is 0 Å². The van der Waals surface area contributed by atoms with Crippen molar-refractivity contribution in [2.75, 3.05) is 12.5 Å². The molecule has 0 aliphatic heterocycles. The number of halogens is 1. The van der Waals surface area contributed by atoms with E-state index in [9.17, 15) is 9.65 Å². The van der Waals surface area contributed by atoms with Gasteiger partial charge in [0.2, 0.25) is 0 Å². The summed E-state index contributed by atoms with van der Waals surface area (Å²) in [7, 11) is 1.59. The average Bonchev–Trinajstić information content (AvgIpc) is 3.13. The van der Waals surface area contributed by atoms with E-state index < -0.39 is 0 Å². The van der Waals surface area contributed by atoms with Crippen LogP contribution in [0.5, 0.6) is 5.75 Å². The summed E-state index contributed by atoms with van der Waals surface area (Å²) in [6.07, 6.45) is 0. The van der Waals surface area contributed by atoms with Crippen molar-refractivity contribution in [3.05, 3.63) is 64.7 Å². The molecule has 0 saturated carbocycles. The van der Waals surface area contributed by atoms with E-state index in [2.05, 4.69) is 15.5 Å². The van der Waals surface area contributed by atoms with Crippen molar-refractivity contribution in [2.24, 2.45) is 5.10 Å². The van der Waals surface area contributed by atoms with Gasteiger partial charge in [0.05, 0.1) is 18.5 Å². The summed E-state index contributed by atoms with van der Waals surface area (Å²) in [5.74, 6) is 0.432. The van der Waals surface area contributed by atoms with E-state index in [-0.39, 0.29) is 11.5 Å². The SMILES string of the molecule is COc1ccc(N/N=C(/C#N)c2nc(-c3ccc(F)cc3)cs2)cc1. The van der Waals surface area contributed by atoms with Gasteiger partial charge in [-0.05, 0) is 48.5 Å². The van der Waals surface area contributed by atoms with Gasteiger partial charge < -0.3 is 4.74 Å². The number of rotatable bonds is 5. The molecular formula is C18H13FN4OS. The zero-order valence-electron chi connectivity index (χ0n) is 13.2. The molecule has 0 aliphatic rings. The molecule has 0 aliphatic carbocycles. The predicted molar refractivity (Wildman–Crippen MR) is 96.3 cm³/mol. The molecule has 0 saturated heterocycles. The highest BCUT2D eigenvalue weighted by molar-refractivity contribution is 7.12. The molecule has 0 bridgehead atoms. The number of nitrogens with zero attached hydrogens (tertiary/aromatic N) is 3. The van der Waals surface area contributed by atoms with Gasteiger partial charge in [-0.1, -0.05) is 0 Å². The fourth-order valence-electron chi connectivity index (χ4n) is 2.04. The molecule has 0 fully saturated rings. The lowest BCUT2D eigenvalue weighted by Crippen LogP contribution is -2.01. The molecule has 2 aromatic carbocycles. The smallest absolute Gasteiger partial charge is 0.196 e. The maximum atomic E-state index is 13.0. The van der Waals surface area contributed by atoms with E-state index >= 15 is 0 Å². The van der Waals surface area contributed by atoms with Gasteiger partial charge in [-0.2, -0.15) is 10.4 Å². The van der Waals surface area contributed by atoms with Gasteiger partial charge in [-0.15, -0.1) is 11.3 Å². The Morgan fingerprint density at radius 2 is 1.92 bits per heavy atom. The van der Waals surface area contributed by atoms with Crippen LogP contribution >= 0.6 is 11.3 Å². The minimum Gasteiger partial charge on any atom is -0.497 e. The van der Waals surface area contributed by atoms with Crippen LogP contribution in [-0.2, 0) is 0 Å². The van der Waals surface area contributed by atoms with Crippen LogP contribution in [0.15, 0.2) is 59.0 Å². The molecule has 25 heavy (non-hydrogen) atoms. The largest absolute Gasteiger partial charge is 0.497 e. The van der Waals surface area contributed by atoms with E-state index in [1.54, 1.807) is 43.5 Å². The van der Waals surface area contributed by atoms with Gasteiger partial charge in [0.1, 0.15) is 17.6 Å². The zero-order valence-corrected chi connectivity index (χ0v) is 14.0. The Hall–Kier alpha value is -3.24. The molecule has 124 valence electrons. The molecule has 0 atom stereocenters. The number of anilines is 1. The molecular weight excluding hydrogens is 339 g/mol. The third kappa shape index (κ3) is 4.00. The summed E-state index contributed by atoms with van der Waals surface area (Å²) in [6.45, 7) is 0. The van der Waals surface area contributed by atoms with Crippen LogP contribution in [0.4, 0.5) is 10.1 Å². The molecule has 3 aromatic rings. The highest BCUT2D eigenvalue weighted by atomic mass is 32.1. The Kier molecular flexibility index (Phi) is 5.02. The maximum absolute atomic E-state index is 13.0. The minimum atomic E-state index is -0.304. The number of thiazole rings is 1. The van der Waals surface area contributed by atoms with Crippen molar-refractivity contribution in [3.8, 4) is 23.1 Å². The molecule has 5 nitrogen and oxygen atoms in total. The summed E-state index contributed by atoms with van der Waals surface area (Å²) in [4.78, 5) is 4.40. The first-order valence-electron chi connectivity index (χ1n) is 7.29.